The van der Waals surface area contributed by atoms with Gasteiger partial charge >= 0.3 is 0 Å². The topological polar surface area (TPSA) is 66.9 Å². The van der Waals surface area contributed by atoms with Crippen LogP contribution in [0.2, 0.25) is 5.02 Å². The molecule has 2 fully saturated rings. The molecule has 6 nitrogen and oxygen atoms in total. The molecule has 0 radical (unpaired) electrons. The maximum atomic E-state index is 13.0. The number of hydrogen-bond donors (Lipinski definition) is 0. The van der Waals surface area contributed by atoms with E-state index in [4.69, 9.17) is 16.3 Å². The van der Waals surface area contributed by atoms with Gasteiger partial charge in [0.2, 0.25) is 10.0 Å². The second kappa shape index (κ2) is 7.84. The van der Waals surface area contributed by atoms with Crippen molar-refractivity contribution in [3.05, 3.63) is 28.8 Å². The summed E-state index contributed by atoms with van der Waals surface area (Å²) in [4.78, 5) is 14.9. The van der Waals surface area contributed by atoms with E-state index in [-0.39, 0.29) is 21.4 Å². The number of sulfonamides is 1. The number of benzene rings is 1. The van der Waals surface area contributed by atoms with Crippen LogP contribution in [0.3, 0.4) is 0 Å². The molecule has 2 heterocycles. The van der Waals surface area contributed by atoms with Crippen LogP contribution < -0.4 is 0 Å². The number of nitrogens with zero attached hydrogens (tertiary/aromatic N) is 2. The van der Waals surface area contributed by atoms with Crippen molar-refractivity contribution < 1.29 is 17.9 Å². The normalized spacial score (nSPS) is 25.3. The molecule has 2 atom stereocenters. The predicted molar refractivity (Wildman–Crippen MR) is 99.9 cm³/mol. The molecule has 0 aliphatic carbocycles. The van der Waals surface area contributed by atoms with E-state index in [1.165, 1.54) is 22.5 Å². The number of piperidine rings is 1. The highest BCUT2D eigenvalue weighted by Gasteiger charge is 2.30. The van der Waals surface area contributed by atoms with Gasteiger partial charge in [-0.05, 0) is 36.5 Å². The van der Waals surface area contributed by atoms with Crippen molar-refractivity contribution >= 4 is 27.5 Å². The molecular weight excluding hydrogens is 376 g/mol. The summed E-state index contributed by atoms with van der Waals surface area (Å²) in [5, 5.41) is 0.279. The lowest BCUT2D eigenvalue weighted by Gasteiger charge is -2.35. The zero-order chi connectivity index (χ0) is 18.9. The van der Waals surface area contributed by atoms with Gasteiger partial charge in [0.25, 0.3) is 5.91 Å². The van der Waals surface area contributed by atoms with Crippen molar-refractivity contribution in [2.45, 2.75) is 25.2 Å². The van der Waals surface area contributed by atoms with Crippen molar-refractivity contribution in [1.82, 2.24) is 9.21 Å². The monoisotopic (exact) mass is 400 g/mol. The Kier molecular flexibility index (Phi) is 5.91. The molecule has 2 saturated heterocycles. The zero-order valence-corrected chi connectivity index (χ0v) is 16.7. The number of amides is 1. The van der Waals surface area contributed by atoms with Gasteiger partial charge in [-0.1, -0.05) is 25.4 Å². The summed E-state index contributed by atoms with van der Waals surface area (Å²) in [6, 6.07) is 4.38. The average molecular weight is 401 g/mol. The Morgan fingerprint density at radius 1 is 1.15 bits per heavy atom. The molecule has 0 spiro atoms. The smallest absolute Gasteiger partial charge is 0.255 e. The average Bonchev–Trinajstić information content (AvgIpc) is 2.61. The van der Waals surface area contributed by atoms with E-state index in [1.807, 2.05) is 0 Å². The Balaban J connectivity index is 1.89. The lowest BCUT2D eigenvalue weighted by Crippen LogP contribution is -2.43. The van der Waals surface area contributed by atoms with Crippen LogP contribution in [0.4, 0.5) is 0 Å². The van der Waals surface area contributed by atoms with E-state index >= 15 is 0 Å². The number of ether oxygens (including phenoxy) is 1. The quantitative estimate of drug-likeness (QED) is 0.781. The van der Waals surface area contributed by atoms with Crippen LogP contribution in [-0.4, -0.2) is 62.9 Å². The van der Waals surface area contributed by atoms with E-state index in [9.17, 15) is 13.2 Å². The molecule has 2 aliphatic rings. The molecule has 3 rings (SSSR count). The van der Waals surface area contributed by atoms with Gasteiger partial charge in [-0.2, -0.15) is 4.31 Å². The third kappa shape index (κ3) is 4.06. The van der Waals surface area contributed by atoms with Crippen LogP contribution in [0, 0.1) is 11.8 Å². The molecule has 0 aromatic heterocycles. The number of carbonyl (C=O) groups excluding carboxylic acids is 1. The highest BCUT2D eigenvalue weighted by atomic mass is 35.5. The van der Waals surface area contributed by atoms with Gasteiger partial charge in [0, 0.05) is 26.2 Å². The van der Waals surface area contributed by atoms with E-state index in [0.29, 0.717) is 51.2 Å². The summed E-state index contributed by atoms with van der Waals surface area (Å²) in [7, 11) is -3.66. The molecule has 144 valence electrons. The molecule has 1 amide bonds. The first-order valence-electron chi connectivity index (χ1n) is 8.95. The summed E-state index contributed by atoms with van der Waals surface area (Å²) < 4.78 is 32.3. The molecule has 1 aromatic carbocycles. The van der Waals surface area contributed by atoms with Crippen molar-refractivity contribution in [1.29, 1.82) is 0 Å². The van der Waals surface area contributed by atoms with E-state index in [0.717, 1.165) is 6.42 Å². The van der Waals surface area contributed by atoms with Crippen molar-refractivity contribution in [3.63, 3.8) is 0 Å². The van der Waals surface area contributed by atoms with Gasteiger partial charge in [-0.3, -0.25) is 4.79 Å². The molecule has 0 N–H and O–H groups in total. The molecule has 2 aliphatic heterocycles. The lowest BCUT2D eigenvalue weighted by molar-refractivity contribution is 0.0623. The number of morpholine rings is 1. The second-order valence-corrected chi connectivity index (χ2v) is 9.66. The Hall–Kier alpha value is -1.15. The van der Waals surface area contributed by atoms with Gasteiger partial charge in [-0.25, -0.2) is 8.42 Å². The number of rotatable bonds is 3. The standard InChI is InChI=1S/C18H25ClN2O4S/c1-13-9-14(2)12-20(11-13)18(22)16-10-15(3-4-17(16)19)26(23,24)21-5-7-25-8-6-21/h3-4,10,13-14H,5-9,11-12H2,1-2H3/t13-,14-/m1/s1. The van der Waals surface area contributed by atoms with E-state index < -0.39 is 10.0 Å². The molecule has 26 heavy (non-hydrogen) atoms. The Morgan fingerprint density at radius 3 is 2.38 bits per heavy atom. The van der Waals surface area contributed by atoms with Crippen LogP contribution in [0.1, 0.15) is 30.6 Å². The summed E-state index contributed by atoms with van der Waals surface area (Å²) in [6.07, 6.45) is 1.09. The summed E-state index contributed by atoms with van der Waals surface area (Å²) in [5.74, 6) is 0.635. The fraction of sp³-hybridized carbons (Fsp3) is 0.611. The van der Waals surface area contributed by atoms with Crippen LogP contribution in [-0.2, 0) is 14.8 Å². The first-order valence-corrected chi connectivity index (χ1v) is 10.8. The number of carbonyl (C=O) groups is 1. The first kappa shape index (κ1) is 19.6. The predicted octanol–water partition coefficient (Wildman–Crippen LogP) is 2.48. The minimum Gasteiger partial charge on any atom is -0.379 e. The molecule has 1 aromatic rings. The maximum Gasteiger partial charge on any atom is 0.255 e. The SMILES string of the molecule is C[C@@H]1C[C@@H](C)CN(C(=O)c2cc(S(=O)(=O)N3CCOCC3)ccc2Cl)C1. The van der Waals surface area contributed by atoms with Gasteiger partial charge in [0.1, 0.15) is 0 Å². The molecule has 0 saturated carbocycles. The number of likely N-dealkylation sites (tertiary alicyclic amines) is 1. The van der Waals surface area contributed by atoms with E-state index in [2.05, 4.69) is 13.8 Å². The summed E-state index contributed by atoms with van der Waals surface area (Å²) >= 11 is 6.24. The van der Waals surface area contributed by atoms with Crippen LogP contribution in [0.5, 0.6) is 0 Å². The zero-order valence-electron chi connectivity index (χ0n) is 15.2. The van der Waals surface area contributed by atoms with Crippen LogP contribution >= 0.6 is 11.6 Å². The highest BCUT2D eigenvalue weighted by Crippen LogP contribution is 2.27. The Bertz CT molecular complexity index is 767. The van der Waals surface area contributed by atoms with Crippen LogP contribution in [0.15, 0.2) is 23.1 Å². The number of hydrogen-bond acceptors (Lipinski definition) is 4. The molecule has 8 heteroatoms. The third-order valence-electron chi connectivity index (χ3n) is 4.93. The molecule has 0 unspecified atom stereocenters. The maximum absolute atomic E-state index is 13.0. The minimum atomic E-state index is -3.66. The summed E-state index contributed by atoms with van der Waals surface area (Å²) in [5.41, 5.74) is 0.252. The highest BCUT2D eigenvalue weighted by molar-refractivity contribution is 7.89. The van der Waals surface area contributed by atoms with Gasteiger partial charge in [0.15, 0.2) is 0 Å². The Morgan fingerprint density at radius 2 is 1.77 bits per heavy atom. The van der Waals surface area contributed by atoms with E-state index in [1.54, 1.807) is 4.90 Å². The first-order chi connectivity index (χ1) is 12.3. The van der Waals surface area contributed by atoms with Crippen molar-refractivity contribution in [3.8, 4) is 0 Å². The van der Waals surface area contributed by atoms with Gasteiger partial charge in [0.05, 0.1) is 28.7 Å². The van der Waals surface area contributed by atoms with Gasteiger partial charge in [-0.15, -0.1) is 0 Å². The minimum absolute atomic E-state index is 0.102. The third-order valence-corrected chi connectivity index (χ3v) is 7.16. The number of halogens is 1. The molecular formula is C18H25ClN2O4S. The lowest BCUT2D eigenvalue weighted by atomic mass is 9.91. The van der Waals surface area contributed by atoms with Crippen LogP contribution in [0.25, 0.3) is 0 Å². The second-order valence-electron chi connectivity index (χ2n) is 7.31. The fourth-order valence-electron chi connectivity index (χ4n) is 3.76. The molecule has 0 bridgehead atoms. The van der Waals surface area contributed by atoms with Crippen molar-refractivity contribution in [2.75, 3.05) is 39.4 Å². The van der Waals surface area contributed by atoms with Gasteiger partial charge < -0.3 is 9.64 Å². The Labute approximate surface area is 160 Å². The fourth-order valence-corrected chi connectivity index (χ4v) is 5.40. The summed E-state index contributed by atoms with van der Waals surface area (Å²) in [6.45, 7) is 6.96. The van der Waals surface area contributed by atoms with Crippen molar-refractivity contribution in [2.24, 2.45) is 11.8 Å². The largest absolute Gasteiger partial charge is 0.379 e.